The summed E-state index contributed by atoms with van der Waals surface area (Å²) >= 11 is 0. The lowest BCUT2D eigenvalue weighted by Crippen LogP contribution is -2.50. The van der Waals surface area contributed by atoms with E-state index < -0.39 is 42.7 Å². The van der Waals surface area contributed by atoms with Gasteiger partial charge in [0.2, 0.25) is 0 Å². The predicted octanol–water partition coefficient (Wildman–Crippen LogP) is -2.46. The number of benzene rings is 1. The van der Waals surface area contributed by atoms with Gasteiger partial charge in [-0.25, -0.2) is 0 Å². The second-order valence-corrected chi connectivity index (χ2v) is 6.06. The van der Waals surface area contributed by atoms with E-state index in [0.717, 1.165) is 0 Å². The van der Waals surface area contributed by atoms with Gasteiger partial charge in [0.05, 0.1) is 30.6 Å². The van der Waals surface area contributed by atoms with Gasteiger partial charge in [-0.15, -0.1) is 0 Å². The van der Waals surface area contributed by atoms with Crippen molar-refractivity contribution in [2.24, 2.45) is 0 Å². The van der Waals surface area contributed by atoms with E-state index in [-0.39, 0.29) is 13.2 Å². The van der Waals surface area contributed by atoms with Crippen molar-refractivity contribution in [2.45, 2.75) is 24.4 Å². The van der Waals surface area contributed by atoms with Crippen molar-refractivity contribution in [1.29, 1.82) is 0 Å². The van der Waals surface area contributed by atoms with Crippen LogP contribution in [-0.2, 0) is 4.79 Å². The lowest BCUT2D eigenvalue weighted by Gasteiger charge is -2.30. The van der Waals surface area contributed by atoms with E-state index in [1.54, 1.807) is 31.3 Å². The molecule has 0 saturated carbocycles. The minimum absolute atomic E-state index is 0.00991. The van der Waals surface area contributed by atoms with E-state index in [4.69, 9.17) is 5.11 Å². The predicted molar refractivity (Wildman–Crippen MR) is 86.9 cm³/mol. The molecule has 0 aliphatic carbocycles. The van der Waals surface area contributed by atoms with Crippen molar-refractivity contribution >= 4 is 17.4 Å². The van der Waals surface area contributed by atoms with Crippen LogP contribution in [0.2, 0.25) is 0 Å². The molecule has 0 bridgehead atoms. The van der Waals surface area contributed by atoms with Crippen LogP contribution in [0.4, 0.5) is 5.69 Å². The number of hydrogen-bond acceptors (Lipinski definition) is 8. The third-order valence-electron chi connectivity index (χ3n) is 4.09. The number of nitrogens with zero attached hydrogens (tertiary/aromatic N) is 2. The fraction of sp³-hybridized carbons (Fsp3) is 0.500. The number of anilines is 1. The van der Waals surface area contributed by atoms with E-state index in [0.29, 0.717) is 11.3 Å². The van der Waals surface area contributed by atoms with Crippen LogP contribution in [0, 0.1) is 0 Å². The zero-order valence-corrected chi connectivity index (χ0v) is 13.7. The first-order valence-corrected chi connectivity index (χ1v) is 7.74. The van der Waals surface area contributed by atoms with Crippen LogP contribution >= 0.6 is 0 Å². The second-order valence-electron chi connectivity index (χ2n) is 6.06. The number of rotatable bonds is 8. The molecule has 138 valence electrons. The molecule has 0 saturated heterocycles. The highest BCUT2D eigenvalue weighted by Crippen LogP contribution is 2.28. The Morgan fingerprint density at radius 1 is 1.04 bits per heavy atom. The van der Waals surface area contributed by atoms with Gasteiger partial charge in [-0.3, -0.25) is 19.4 Å². The Morgan fingerprint density at radius 2 is 1.64 bits per heavy atom. The summed E-state index contributed by atoms with van der Waals surface area (Å²) in [7, 11) is 1.56. The average Bonchev–Trinajstić information content (AvgIpc) is 2.84. The maximum atomic E-state index is 12.1. The molecule has 1 aliphatic heterocycles. The maximum Gasteiger partial charge on any atom is 0.300 e. The molecule has 25 heavy (non-hydrogen) atoms. The van der Waals surface area contributed by atoms with Gasteiger partial charge in [0.1, 0.15) is 18.3 Å². The van der Waals surface area contributed by atoms with Crippen molar-refractivity contribution < 1.29 is 35.1 Å². The summed E-state index contributed by atoms with van der Waals surface area (Å²) in [5, 5.41) is 47.5. The molecular formula is C16H22N2O7. The molecule has 0 radical (unpaired) electrons. The third kappa shape index (κ3) is 4.03. The molecule has 0 spiro atoms. The smallest absolute Gasteiger partial charge is 0.300 e. The number of likely N-dealkylation sites (N-methyl/N-ethyl adjacent to an activating group) is 1. The Kier molecular flexibility index (Phi) is 6.22. The lowest BCUT2D eigenvalue weighted by molar-refractivity contribution is -0.119. The summed E-state index contributed by atoms with van der Waals surface area (Å²) in [6.45, 7) is -0.914. The first-order chi connectivity index (χ1) is 11.8. The van der Waals surface area contributed by atoms with Gasteiger partial charge >= 0.3 is 5.91 Å². The molecule has 0 aromatic heterocycles. The van der Waals surface area contributed by atoms with E-state index in [1.165, 1.54) is 9.80 Å². The zero-order valence-electron chi connectivity index (χ0n) is 13.7. The van der Waals surface area contributed by atoms with Gasteiger partial charge in [-0.1, -0.05) is 12.1 Å². The summed E-state index contributed by atoms with van der Waals surface area (Å²) in [6.07, 6.45) is -6.43. The largest absolute Gasteiger partial charge is 0.394 e. The van der Waals surface area contributed by atoms with Gasteiger partial charge in [0.25, 0.3) is 5.78 Å². The number of para-hydroxylation sites is 1. The molecule has 4 unspecified atom stereocenters. The summed E-state index contributed by atoms with van der Waals surface area (Å²) in [5.41, 5.74) is 0.776. The van der Waals surface area contributed by atoms with Gasteiger partial charge < -0.3 is 25.5 Å². The van der Waals surface area contributed by atoms with Gasteiger partial charge in [-0.2, -0.15) is 0 Å². The quantitative estimate of drug-likeness (QED) is 0.324. The normalized spacial score (nSPS) is 19.1. The molecular weight excluding hydrogens is 332 g/mol. The highest BCUT2D eigenvalue weighted by atomic mass is 16.4. The van der Waals surface area contributed by atoms with Crippen LogP contribution in [0.15, 0.2) is 24.3 Å². The number of aliphatic hydroxyl groups excluding tert-OH is 5. The molecule has 2 rings (SSSR count). The number of hydrogen-bond donors (Lipinski definition) is 5. The number of carbonyl (C=O) groups is 2. The monoisotopic (exact) mass is 354 g/mol. The maximum absolute atomic E-state index is 12.1. The Balaban J connectivity index is 2.00. The number of amides is 1. The number of carbonyl (C=O) groups excluding carboxylic acids is 2. The summed E-state index contributed by atoms with van der Waals surface area (Å²) in [4.78, 5) is 26.8. The van der Waals surface area contributed by atoms with E-state index in [9.17, 15) is 30.0 Å². The van der Waals surface area contributed by atoms with Crippen LogP contribution in [-0.4, -0.2) is 93.4 Å². The molecule has 0 fully saturated rings. The summed E-state index contributed by atoms with van der Waals surface area (Å²) in [6, 6.07) is 6.55. The number of fused-ring (bicyclic) bond motifs is 1. The second kappa shape index (κ2) is 8.00. The van der Waals surface area contributed by atoms with Gasteiger partial charge in [0.15, 0.2) is 0 Å². The van der Waals surface area contributed by atoms with Crippen LogP contribution in [0.25, 0.3) is 0 Å². The van der Waals surface area contributed by atoms with E-state index in [1.807, 2.05) is 0 Å². The number of aliphatic hydroxyl groups is 5. The minimum atomic E-state index is -1.72. The van der Waals surface area contributed by atoms with Crippen LogP contribution in [0.1, 0.15) is 10.4 Å². The van der Waals surface area contributed by atoms with Crippen molar-refractivity contribution in [3.63, 3.8) is 0 Å². The zero-order chi connectivity index (χ0) is 18.7. The molecule has 1 aromatic rings. The number of Topliss-reactive ketones (excluding diaryl/α,β-unsaturated/α-hetero) is 1. The Bertz CT molecular complexity index is 639. The third-order valence-corrected chi connectivity index (χ3v) is 4.09. The van der Waals surface area contributed by atoms with Crippen LogP contribution in [0.5, 0.6) is 0 Å². The average molecular weight is 354 g/mol. The standard InChI is InChI=1S/C16H22N2O7/c1-17(6-11(20)14(23)15(24)12(21)7-19)8-18-10-5-3-2-4-9(10)13(22)16(18)25/h2-5,11-12,14-15,19-21,23-24H,6-8H2,1H3. The van der Waals surface area contributed by atoms with Crippen molar-refractivity contribution in [1.82, 2.24) is 4.90 Å². The molecule has 4 atom stereocenters. The molecule has 9 heteroatoms. The van der Waals surface area contributed by atoms with Crippen LogP contribution in [0.3, 0.4) is 0 Å². The Labute approximate surface area is 144 Å². The lowest BCUT2D eigenvalue weighted by atomic mass is 10.0. The fourth-order valence-electron chi connectivity index (χ4n) is 2.68. The first-order valence-electron chi connectivity index (χ1n) is 7.74. The highest BCUT2D eigenvalue weighted by Gasteiger charge is 2.36. The summed E-state index contributed by atoms with van der Waals surface area (Å²) in [5.74, 6) is -1.29. The Morgan fingerprint density at radius 3 is 2.28 bits per heavy atom. The summed E-state index contributed by atoms with van der Waals surface area (Å²) < 4.78 is 0. The van der Waals surface area contributed by atoms with Crippen LogP contribution < -0.4 is 4.90 Å². The number of ketones is 1. The van der Waals surface area contributed by atoms with Crippen molar-refractivity contribution in [2.75, 3.05) is 31.8 Å². The SMILES string of the molecule is CN(CC(O)C(O)C(O)C(O)CO)CN1C(=O)C(=O)c2ccccc21. The molecule has 1 amide bonds. The minimum Gasteiger partial charge on any atom is -0.394 e. The molecule has 1 heterocycles. The highest BCUT2D eigenvalue weighted by molar-refractivity contribution is 6.52. The van der Waals surface area contributed by atoms with Crippen molar-refractivity contribution in [3.8, 4) is 0 Å². The topological polar surface area (TPSA) is 142 Å². The fourth-order valence-corrected chi connectivity index (χ4v) is 2.68. The van der Waals surface area contributed by atoms with Gasteiger partial charge in [-0.05, 0) is 19.2 Å². The van der Waals surface area contributed by atoms with E-state index >= 15 is 0 Å². The van der Waals surface area contributed by atoms with Gasteiger partial charge in [0, 0.05) is 6.54 Å². The van der Waals surface area contributed by atoms with E-state index in [2.05, 4.69) is 0 Å². The Hall–Kier alpha value is -1.88. The van der Waals surface area contributed by atoms with Crippen molar-refractivity contribution in [3.05, 3.63) is 29.8 Å². The molecule has 1 aromatic carbocycles. The first kappa shape index (κ1) is 19.4. The molecule has 9 nitrogen and oxygen atoms in total. The molecule has 1 aliphatic rings. The molecule has 5 N–H and O–H groups in total.